The molecule has 0 spiro atoms. The summed E-state index contributed by atoms with van der Waals surface area (Å²) < 4.78 is 4.53. The zero-order valence-electron chi connectivity index (χ0n) is 10.8. The van der Waals surface area contributed by atoms with Crippen LogP contribution in [0.5, 0.6) is 0 Å². The molecule has 2 atom stereocenters. The van der Waals surface area contributed by atoms with Gasteiger partial charge in [-0.05, 0) is 27.9 Å². The van der Waals surface area contributed by atoms with Gasteiger partial charge in [0.15, 0.2) is 6.04 Å². The van der Waals surface area contributed by atoms with Crippen molar-refractivity contribution in [2.75, 3.05) is 7.11 Å². The van der Waals surface area contributed by atoms with Crippen molar-refractivity contribution in [2.45, 2.75) is 12.1 Å². The van der Waals surface area contributed by atoms with Gasteiger partial charge in [0.25, 0.3) is 0 Å². The van der Waals surface area contributed by atoms with Crippen LogP contribution in [0.3, 0.4) is 0 Å². The molecule has 102 valence electrons. The van der Waals surface area contributed by atoms with Gasteiger partial charge in [0.2, 0.25) is 0 Å². The predicted molar refractivity (Wildman–Crippen MR) is 73.9 cm³/mol. The first kappa shape index (κ1) is 13.9. The average Bonchev–Trinajstić information content (AvgIpc) is 2.50. The third kappa shape index (κ3) is 2.71. The molecule has 0 bridgehead atoms. The number of methoxy groups -OCH3 is 1. The SMILES string of the molecule is COC(=O)C(N=[N+]=[N-])C(O)c1ccc2ccccc2c1. The van der Waals surface area contributed by atoms with Gasteiger partial charge in [-0.1, -0.05) is 41.5 Å². The number of ether oxygens (including phenoxy) is 1. The molecule has 2 aromatic carbocycles. The molecule has 2 unspecified atom stereocenters. The predicted octanol–water partition coefficient (Wildman–Crippen LogP) is 2.73. The van der Waals surface area contributed by atoms with Gasteiger partial charge in [-0.2, -0.15) is 0 Å². The summed E-state index contributed by atoms with van der Waals surface area (Å²) in [6.07, 6.45) is -1.25. The van der Waals surface area contributed by atoms with E-state index < -0.39 is 18.1 Å². The molecule has 2 aromatic rings. The first-order valence-electron chi connectivity index (χ1n) is 5.96. The van der Waals surface area contributed by atoms with Gasteiger partial charge in [0, 0.05) is 4.91 Å². The molecule has 0 amide bonds. The number of aliphatic hydroxyl groups is 1. The Balaban J connectivity index is 2.40. The third-order valence-electron chi connectivity index (χ3n) is 3.03. The fourth-order valence-corrected chi connectivity index (χ4v) is 1.99. The summed E-state index contributed by atoms with van der Waals surface area (Å²) in [7, 11) is 1.18. The van der Waals surface area contributed by atoms with Gasteiger partial charge in [-0.3, -0.25) is 4.79 Å². The van der Waals surface area contributed by atoms with Crippen LogP contribution < -0.4 is 0 Å². The minimum atomic E-state index is -1.30. The molecular formula is C14H13N3O3. The Kier molecular flexibility index (Phi) is 4.20. The fraction of sp³-hybridized carbons (Fsp3) is 0.214. The second-order valence-corrected chi connectivity index (χ2v) is 4.22. The lowest BCUT2D eigenvalue weighted by Gasteiger charge is -2.17. The van der Waals surface area contributed by atoms with E-state index in [9.17, 15) is 9.90 Å². The number of rotatable bonds is 4. The molecular weight excluding hydrogens is 258 g/mol. The summed E-state index contributed by atoms with van der Waals surface area (Å²) in [4.78, 5) is 14.1. The molecule has 6 heteroatoms. The lowest BCUT2D eigenvalue weighted by molar-refractivity contribution is -0.144. The topological polar surface area (TPSA) is 95.3 Å². The van der Waals surface area contributed by atoms with Crippen molar-refractivity contribution >= 4 is 16.7 Å². The number of carbonyl (C=O) groups is 1. The van der Waals surface area contributed by atoms with Gasteiger partial charge in [0.1, 0.15) is 0 Å². The van der Waals surface area contributed by atoms with Crippen molar-refractivity contribution in [2.24, 2.45) is 5.11 Å². The van der Waals surface area contributed by atoms with Crippen molar-refractivity contribution in [1.82, 2.24) is 0 Å². The van der Waals surface area contributed by atoms with E-state index >= 15 is 0 Å². The summed E-state index contributed by atoms with van der Waals surface area (Å²) in [5.41, 5.74) is 8.98. The first-order valence-corrected chi connectivity index (χ1v) is 5.96. The number of azide groups is 1. The molecule has 0 saturated heterocycles. The Morgan fingerprint density at radius 1 is 1.30 bits per heavy atom. The lowest BCUT2D eigenvalue weighted by atomic mass is 9.99. The van der Waals surface area contributed by atoms with Crippen LogP contribution in [0, 0.1) is 0 Å². The Hall–Kier alpha value is -2.56. The number of hydrogen-bond donors (Lipinski definition) is 1. The highest BCUT2D eigenvalue weighted by molar-refractivity contribution is 5.83. The number of nitrogens with zero attached hydrogens (tertiary/aromatic N) is 3. The molecule has 0 saturated carbocycles. The van der Waals surface area contributed by atoms with Crippen molar-refractivity contribution in [3.05, 3.63) is 58.5 Å². The first-order chi connectivity index (χ1) is 9.67. The van der Waals surface area contributed by atoms with Crippen molar-refractivity contribution < 1.29 is 14.6 Å². The summed E-state index contributed by atoms with van der Waals surface area (Å²) in [5, 5.41) is 15.5. The van der Waals surface area contributed by atoms with E-state index in [0.29, 0.717) is 5.56 Å². The van der Waals surface area contributed by atoms with Crippen LogP contribution >= 0.6 is 0 Å². The van der Waals surface area contributed by atoms with E-state index in [-0.39, 0.29) is 0 Å². The second kappa shape index (κ2) is 6.06. The number of hydrogen-bond acceptors (Lipinski definition) is 4. The molecule has 0 aromatic heterocycles. The summed E-state index contributed by atoms with van der Waals surface area (Å²) in [6, 6.07) is 11.6. The van der Waals surface area contributed by atoms with Gasteiger partial charge < -0.3 is 9.84 Å². The maximum Gasteiger partial charge on any atom is 0.317 e. The van der Waals surface area contributed by atoms with Gasteiger partial charge in [-0.15, -0.1) is 0 Å². The van der Waals surface area contributed by atoms with Gasteiger partial charge in [0.05, 0.1) is 13.2 Å². The van der Waals surface area contributed by atoms with Gasteiger partial charge >= 0.3 is 5.97 Å². The van der Waals surface area contributed by atoms with Crippen molar-refractivity contribution in [3.63, 3.8) is 0 Å². The minimum Gasteiger partial charge on any atom is -0.469 e. The van der Waals surface area contributed by atoms with E-state index in [1.54, 1.807) is 12.1 Å². The van der Waals surface area contributed by atoms with Crippen LogP contribution in [-0.4, -0.2) is 24.2 Å². The third-order valence-corrected chi connectivity index (χ3v) is 3.03. The summed E-state index contributed by atoms with van der Waals surface area (Å²) in [6.45, 7) is 0. The minimum absolute atomic E-state index is 0.492. The molecule has 1 N–H and O–H groups in total. The normalized spacial score (nSPS) is 13.3. The van der Waals surface area contributed by atoms with E-state index in [1.807, 2.05) is 30.3 Å². The van der Waals surface area contributed by atoms with Crippen molar-refractivity contribution in [1.29, 1.82) is 0 Å². The maximum atomic E-state index is 11.5. The molecule has 0 aliphatic carbocycles. The highest BCUT2D eigenvalue weighted by Gasteiger charge is 2.28. The Morgan fingerprint density at radius 2 is 2.00 bits per heavy atom. The van der Waals surface area contributed by atoms with E-state index in [2.05, 4.69) is 14.8 Å². The molecule has 0 radical (unpaired) electrons. The fourth-order valence-electron chi connectivity index (χ4n) is 1.99. The number of esters is 1. The van der Waals surface area contributed by atoms with Crippen LogP contribution in [0.15, 0.2) is 47.6 Å². The van der Waals surface area contributed by atoms with Crippen LogP contribution in [0.1, 0.15) is 11.7 Å². The molecule has 0 heterocycles. The highest BCUT2D eigenvalue weighted by atomic mass is 16.5. The second-order valence-electron chi connectivity index (χ2n) is 4.22. The largest absolute Gasteiger partial charge is 0.469 e. The standard InChI is InChI=1S/C14H13N3O3/c1-20-14(19)12(16-17-15)13(18)11-7-6-9-4-2-3-5-10(9)8-11/h2-8,12-13,18H,1H3. The Labute approximate surface area is 115 Å². The lowest BCUT2D eigenvalue weighted by Crippen LogP contribution is -2.27. The van der Waals surface area contributed by atoms with Crippen LogP contribution in [0.25, 0.3) is 21.2 Å². The van der Waals surface area contributed by atoms with Gasteiger partial charge in [-0.25, -0.2) is 0 Å². The summed E-state index contributed by atoms with van der Waals surface area (Å²) >= 11 is 0. The smallest absolute Gasteiger partial charge is 0.317 e. The molecule has 20 heavy (non-hydrogen) atoms. The van der Waals surface area contributed by atoms with Crippen LogP contribution in [0.4, 0.5) is 0 Å². The molecule has 0 aliphatic rings. The van der Waals surface area contributed by atoms with Crippen LogP contribution in [-0.2, 0) is 9.53 Å². The number of carbonyl (C=O) groups excluding carboxylic acids is 1. The zero-order valence-corrected chi connectivity index (χ0v) is 10.8. The Bertz CT molecular complexity index is 680. The summed E-state index contributed by atoms with van der Waals surface area (Å²) in [5.74, 6) is -0.775. The quantitative estimate of drug-likeness (QED) is 0.401. The van der Waals surface area contributed by atoms with E-state index in [1.165, 1.54) is 7.11 Å². The van der Waals surface area contributed by atoms with E-state index in [4.69, 9.17) is 5.53 Å². The van der Waals surface area contributed by atoms with Crippen LogP contribution in [0.2, 0.25) is 0 Å². The highest BCUT2D eigenvalue weighted by Crippen LogP contribution is 2.24. The van der Waals surface area contributed by atoms with Crippen molar-refractivity contribution in [3.8, 4) is 0 Å². The molecule has 2 rings (SSSR count). The number of fused-ring (bicyclic) bond motifs is 1. The maximum absolute atomic E-state index is 11.5. The Morgan fingerprint density at radius 3 is 2.65 bits per heavy atom. The number of aliphatic hydroxyl groups excluding tert-OH is 1. The molecule has 0 aliphatic heterocycles. The average molecular weight is 271 g/mol. The molecule has 6 nitrogen and oxygen atoms in total. The number of benzene rings is 2. The zero-order chi connectivity index (χ0) is 14.5. The van der Waals surface area contributed by atoms with E-state index in [0.717, 1.165) is 10.8 Å². The molecule has 0 fully saturated rings. The monoisotopic (exact) mass is 271 g/mol.